The minimum atomic E-state index is -0.668. The molecule has 2 rings (SSSR count). The molecule has 0 saturated heterocycles. The number of carbonyl (C=O) groups is 2. The molecule has 1 atom stereocenters. The molecule has 0 heterocycles. The number of esters is 1. The molecule has 2 aromatic carbocycles. The van der Waals surface area contributed by atoms with Crippen molar-refractivity contribution in [3.8, 4) is 0 Å². The van der Waals surface area contributed by atoms with E-state index in [2.05, 4.69) is 15.4 Å². The highest BCUT2D eigenvalue weighted by molar-refractivity contribution is 5.93. The second-order valence-corrected chi connectivity index (χ2v) is 5.39. The van der Waals surface area contributed by atoms with Crippen molar-refractivity contribution < 1.29 is 23.1 Å². The van der Waals surface area contributed by atoms with Gasteiger partial charge in [-0.25, -0.2) is 13.6 Å². The Morgan fingerprint density at radius 2 is 1.80 bits per heavy atom. The Bertz CT molecular complexity index is 763. The van der Waals surface area contributed by atoms with Crippen LogP contribution >= 0.6 is 0 Å². The third-order valence-electron chi connectivity index (χ3n) is 3.59. The summed E-state index contributed by atoms with van der Waals surface area (Å²) in [5.41, 5.74) is 1.16. The van der Waals surface area contributed by atoms with Crippen molar-refractivity contribution in [3.05, 3.63) is 65.2 Å². The molecular weight excluding hydrogens is 330 g/mol. The third kappa shape index (κ3) is 5.09. The van der Waals surface area contributed by atoms with Gasteiger partial charge in [0.1, 0.15) is 11.6 Å². The zero-order valence-corrected chi connectivity index (χ0v) is 13.8. The predicted octanol–water partition coefficient (Wildman–Crippen LogP) is 3.04. The van der Waals surface area contributed by atoms with E-state index in [9.17, 15) is 18.4 Å². The Morgan fingerprint density at radius 1 is 1.12 bits per heavy atom. The summed E-state index contributed by atoms with van der Waals surface area (Å²) in [6, 6.07) is 9.06. The van der Waals surface area contributed by atoms with Crippen LogP contribution in [0.25, 0.3) is 0 Å². The van der Waals surface area contributed by atoms with Gasteiger partial charge >= 0.3 is 5.97 Å². The van der Waals surface area contributed by atoms with Gasteiger partial charge in [0, 0.05) is 23.4 Å². The number of ether oxygens (including phenoxy) is 1. The molecule has 0 bridgehead atoms. The average Bonchev–Trinajstić information content (AvgIpc) is 2.59. The molecule has 7 heteroatoms. The number of rotatable bonds is 6. The first kappa shape index (κ1) is 18.5. The van der Waals surface area contributed by atoms with Gasteiger partial charge in [0.05, 0.1) is 19.2 Å². The Labute approximate surface area is 144 Å². The second kappa shape index (κ2) is 8.34. The van der Waals surface area contributed by atoms with Crippen molar-refractivity contribution in [1.82, 2.24) is 5.32 Å². The van der Waals surface area contributed by atoms with E-state index < -0.39 is 23.6 Å². The maximum Gasteiger partial charge on any atom is 0.337 e. The summed E-state index contributed by atoms with van der Waals surface area (Å²) in [6.07, 6.45) is 0. The SMILES string of the molecule is COC(=O)c1ccc(NC(=O)CN[C@@H](C)c2ccc(F)cc2F)cc1. The third-order valence-corrected chi connectivity index (χ3v) is 3.59. The number of benzene rings is 2. The van der Waals surface area contributed by atoms with Crippen LogP contribution in [0.1, 0.15) is 28.9 Å². The molecule has 0 saturated carbocycles. The average molecular weight is 348 g/mol. The highest BCUT2D eigenvalue weighted by atomic mass is 19.1. The summed E-state index contributed by atoms with van der Waals surface area (Å²) < 4.78 is 31.2. The van der Waals surface area contributed by atoms with Crippen molar-refractivity contribution in [1.29, 1.82) is 0 Å². The molecule has 0 unspecified atom stereocenters. The summed E-state index contributed by atoms with van der Waals surface area (Å²) in [5.74, 6) is -2.12. The molecule has 0 aromatic heterocycles. The van der Waals surface area contributed by atoms with Crippen LogP contribution in [0.3, 0.4) is 0 Å². The molecule has 0 fully saturated rings. The van der Waals surface area contributed by atoms with E-state index in [0.717, 1.165) is 6.07 Å². The van der Waals surface area contributed by atoms with Crippen LogP contribution in [0.15, 0.2) is 42.5 Å². The number of methoxy groups -OCH3 is 1. The highest BCUT2D eigenvalue weighted by Gasteiger charge is 2.13. The van der Waals surface area contributed by atoms with Gasteiger partial charge in [-0.2, -0.15) is 0 Å². The van der Waals surface area contributed by atoms with Crippen molar-refractivity contribution in [2.45, 2.75) is 13.0 Å². The maximum atomic E-state index is 13.7. The highest BCUT2D eigenvalue weighted by Crippen LogP contribution is 2.17. The van der Waals surface area contributed by atoms with Gasteiger partial charge in [-0.15, -0.1) is 0 Å². The molecule has 25 heavy (non-hydrogen) atoms. The van der Waals surface area contributed by atoms with E-state index in [1.165, 1.54) is 31.4 Å². The number of amides is 1. The number of hydrogen-bond acceptors (Lipinski definition) is 4. The molecule has 5 nitrogen and oxygen atoms in total. The molecule has 132 valence electrons. The first-order chi connectivity index (χ1) is 11.9. The van der Waals surface area contributed by atoms with Crippen molar-refractivity contribution in [2.24, 2.45) is 0 Å². The zero-order valence-electron chi connectivity index (χ0n) is 13.8. The molecule has 2 N–H and O–H groups in total. The first-order valence-corrected chi connectivity index (χ1v) is 7.57. The Balaban J connectivity index is 1.88. The molecule has 0 radical (unpaired) electrons. The van der Waals surface area contributed by atoms with Crippen LogP contribution in [-0.2, 0) is 9.53 Å². The molecule has 1 amide bonds. The summed E-state index contributed by atoms with van der Waals surface area (Å²) >= 11 is 0. The van der Waals surface area contributed by atoms with Crippen molar-refractivity contribution in [3.63, 3.8) is 0 Å². The van der Waals surface area contributed by atoms with Crippen LogP contribution < -0.4 is 10.6 Å². The predicted molar refractivity (Wildman–Crippen MR) is 89.2 cm³/mol. The summed E-state index contributed by atoms with van der Waals surface area (Å²) in [4.78, 5) is 23.3. The topological polar surface area (TPSA) is 67.4 Å². The fraction of sp³-hybridized carbons (Fsp3) is 0.222. The number of carbonyl (C=O) groups excluding carboxylic acids is 2. The van der Waals surface area contributed by atoms with Crippen LogP contribution in [0, 0.1) is 11.6 Å². The van der Waals surface area contributed by atoms with Gasteiger partial charge in [-0.05, 0) is 37.3 Å². The lowest BCUT2D eigenvalue weighted by atomic mass is 10.1. The Kier molecular flexibility index (Phi) is 6.19. The molecular formula is C18H18F2N2O3. The van der Waals surface area contributed by atoms with Crippen molar-refractivity contribution >= 4 is 17.6 Å². The Hall–Kier alpha value is -2.80. The van der Waals surface area contributed by atoms with Gasteiger partial charge in [-0.1, -0.05) is 6.07 Å². The van der Waals surface area contributed by atoms with Gasteiger partial charge in [0.2, 0.25) is 5.91 Å². The van der Waals surface area contributed by atoms with Crippen LogP contribution in [0.2, 0.25) is 0 Å². The largest absolute Gasteiger partial charge is 0.465 e. The molecule has 0 spiro atoms. The van der Waals surface area contributed by atoms with Gasteiger partial charge in [0.25, 0.3) is 0 Å². The molecule has 2 aromatic rings. The van der Waals surface area contributed by atoms with Crippen LogP contribution in [-0.4, -0.2) is 25.5 Å². The van der Waals surface area contributed by atoms with Gasteiger partial charge in [-0.3, -0.25) is 4.79 Å². The normalized spacial score (nSPS) is 11.7. The fourth-order valence-electron chi connectivity index (χ4n) is 2.22. The van der Waals surface area contributed by atoms with E-state index in [0.29, 0.717) is 11.3 Å². The van der Waals surface area contributed by atoms with Gasteiger partial charge in [0.15, 0.2) is 0 Å². The lowest BCUT2D eigenvalue weighted by Gasteiger charge is -2.15. The first-order valence-electron chi connectivity index (χ1n) is 7.57. The summed E-state index contributed by atoms with van der Waals surface area (Å²) in [7, 11) is 1.29. The van der Waals surface area contributed by atoms with Crippen LogP contribution in [0.5, 0.6) is 0 Å². The van der Waals surface area contributed by atoms with E-state index in [-0.39, 0.29) is 18.0 Å². The van der Waals surface area contributed by atoms with E-state index in [4.69, 9.17) is 0 Å². The summed E-state index contributed by atoms with van der Waals surface area (Å²) in [6.45, 7) is 1.62. The lowest BCUT2D eigenvalue weighted by Crippen LogP contribution is -2.30. The monoisotopic (exact) mass is 348 g/mol. The quantitative estimate of drug-likeness (QED) is 0.788. The smallest absolute Gasteiger partial charge is 0.337 e. The Morgan fingerprint density at radius 3 is 2.40 bits per heavy atom. The number of halogens is 2. The van der Waals surface area contributed by atoms with Gasteiger partial charge < -0.3 is 15.4 Å². The fourth-order valence-corrected chi connectivity index (χ4v) is 2.22. The zero-order chi connectivity index (χ0) is 18.4. The molecule has 0 aliphatic carbocycles. The maximum absolute atomic E-state index is 13.7. The summed E-state index contributed by atoms with van der Waals surface area (Å²) in [5, 5.41) is 5.52. The van der Waals surface area contributed by atoms with E-state index >= 15 is 0 Å². The standard InChI is InChI=1S/C18H18F2N2O3/c1-11(15-8-5-13(19)9-16(15)20)21-10-17(23)22-14-6-3-12(4-7-14)18(24)25-2/h3-9,11,21H,10H2,1-2H3,(H,22,23)/t11-/m0/s1. The van der Waals surface area contributed by atoms with E-state index in [1.807, 2.05) is 0 Å². The number of anilines is 1. The second-order valence-electron chi connectivity index (χ2n) is 5.39. The minimum Gasteiger partial charge on any atom is -0.465 e. The van der Waals surface area contributed by atoms with Crippen molar-refractivity contribution in [2.75, 3.05) is 19.0 Å². The number of hydrogen-bond donors (Lipinski definition) is 2. The molecule has 0 aliphatic rings. The molecule has 0 aliphatic heterocycles. The minimum absolute atomic E-state index is 0.0588. The lowest BCUT2D eigenvalue weighted by molar-refractivity contribution is -0.115. The number of nitrogens with one attached hydrogen (secondary N) is 2. The van der Waals surface area contributed by atoms with E-state index in [1.54, 1.807) is 19.1 Å². The van der Waals surface area contributed by atoms with Crippen LogP contribution in [0.4, 0.5) is 14.5 Å².